The Morgan fingerprint density at radius 1 is 1.17 bits per heavy atom. The van der Waals surface area contributed by atoms with Gasteiger partial charge in [-0.15, -0.1) is 0 Å². The maximum Gasteiger partial charge on any atom is 0.142 e. The van der Waals surface area contributed by atoms with Crippen molar-refractivity contribution in [3.63, 3.8) is 0 Å². The van der Waals surface area contributed by atoms with E-state index >= 15 is 0 Å². The number of allylic oxidation sites excluding steroid dienone is 1. The van der Waals surface area contributed by atoms with Crippen molar-refractivity contribution in [2.45, 2.75) is 39.7 Å². The van der Waals surface area contributed by atoms with E-state index in [2.05, 4.69) is 57.8 Å². The van der Waals surface area contributed by atoms with Crippen LogP contribution in [0.3, 0.4) is 0 Å². The summed E-state index contributed by atoms with van der Waals surface area (Å²) in [6.45, 7) is 8.66. The molecule has 1 rings (SSSR count). The Labute approximate surface area is 110 Å². The van der Waals surface area contributed by atoms with Gasteiger partial charge in [-0.2, -0.15) is 0 Å². The van der Waals surface area contributed by atoms with Crippen LogP contribution in [0.25, 0.3) is 6.08 Å². The number of nitrogens with zero attached hydrogens (tertiary/aromatic N) is 1. The number of aldehydes is 1. The van der Waals surface area contributed by atoms with Crippen LogP contribution in [0.15, 0.2) is 24.3 Å². The van der Waals surface area contributed by atoms with Gasteiger partial charge in [-0.05, 0) is 55.2 Å². The van der Waals surface area contributed by atoms with Gasteiger partial charge >= 0.3 is 0 Å². The molecule has 0 saturated carbocycles. The van der Waals surface area contributed by atoms with Gasteiger partial charge in [0.15, 0.2) is 0 Å². The SMILES string of the molecule is CC(C)c1ccc(N(C)C(C)C)c(/C=C\C=O)c1. The van der Waals surface area contributed by atoms with E-state index in [1.54, 1.807) is 6.08 Å². The van der Waals surface area contributed by atoms with Crippen LogP contribution in [0.4, 0.5) is 5.69 Å². The van der Waals surface area contributed by atoms with Crippen LogP contribution in [-0.2, 0) is 4.79 Å². The van der Waals surface area contributed by atoms with Crippen molar-refractivity contribution >= 4 is 18.0 Å². The van der Waals surface area contributed by atoms with Gasteiger partial charge in [-0.1, -0.05) is 19.9 Å². The first kappa shape index (κ1) is 14.5. The van der Waals surface area contributed by atoms with Crippen molar-refractivity contribution in [3.8, 4) is 0 Å². The molecule has 18 heavy (non-hydrogen) atoms. The lowest BCUT2D eigenvalue weighted by molar-refractivity contribution is -0.104. The van der Waals surface area contributed by atoms with E-state index in [0.29, 0.717) is 12.0 Å². The lowest BCUT2D eigenvalue weighted by Gasteiger charge is -2.26. The molecule has 1 aromatic carbocycles. The molecule has 0 aliphatic rings. The second-order valence-electron chi connectivity index (χ2n) is 5.17. The third-order valence-electron chi connectivity index (χ3n) is 3.23. The Hall–Kier alpha value is -1.57. The summed E-state index contributed by atoms with van der Waals surface area (Å²) in [5.74, 6) is 0.492. The van der Waals surface area contributed by atoms with Crippen LogP contribution < -0.4 is 4.90 Å². The molecule has 2 heteroatoms. The molecular weight excluding hydrogens is 222 g/mol. The maximum atomic E-state index is 10.5. The van der Waals surface area contributed by atoms with E-state index < -0.39 is 0 Å². The molecule has 0 saturated heterocycles. The fourth-order valence-corrected chi connectivity index (χ4v) is 1.81. The lowest BCUT2D eigenvalue weighted by atomic mass is 9.98. The van der Waals surface area contributed by atoms with Gasteiger partial charge < -0.3 is 4.90 Å². The van der Waals surface area contributed by atoms with E-state index in [9.17, 15) is 4.79 Å². The quantitative estimate of drug-likeness (QED) is 0.580. The molecule has 0 bridgehead atoms. The highest BCUT2D eigenvalue weighted by molar-refractivity contribution is 5.78. The third-order valence-corrected chi connectivity index (χ3v) is 3.23. The second-order valence-corrected chi connectivity index (χ2v) is 5.17. The van der Waals surface area contributed by atoms with E-state index in [0.717, 1.165) is 17.5 Å². The Morgan fingerprint density at radius 3 is 2.33 bits per heavy atom. The molecule has 0 aliphatic heterocycles. The summed E-state index contributed by atoms with van der Waals surface area (Å²) in [5, 5.41) is 0. The third kappa shape index (κ3) is 3.46. The largest absolute Gasteiger partial charge is 0.372 e. The van der Waals surface area contributed by atoms with Crippen LogP contribution in [0.2, 0.25) is 0 Å². The van der Waals surface area contributed by atoms with Crippen molar-refractivity contribution in [2.24, 2.45) is 0 Å². The molecule has 0 N–H and O–H groups in total. The fraction of sp³-hybridized carbons (Fsp3) is 0.438. The second kappa shape index (κ2) is 6.39. The lowest BCUT2D eigenvalue weighted by Crippen LogP contribution is -2.26. The summed E-state index contributed by atoms with van der Waals surface area (Å²) in [4.78, 5) is 12.7. The van der Waals surface area contributed by atoms with Crippen LogP contribution in [-0.4, -0.2) is 19.4 Å². The molecule has 0 aliphatic carbocycles. The zero-order chi connectivity index (χ0) is 13.7. The van der Waals surface area contributed by atoms with E-state index in [4.69, 9.17) is 0 Å². The molecule has 0 heterocycles. The van der Waals surface area contributed by atoms with Gasteiger partial charge in [0, 0.05) is 18.8 Å². The first-order valence-corrected chi connectivity index (χ1v) is 6.46. The molecule has 0 fully saturated rings. The molecule has 1 aromatic rings. The van der Waals surface area contributed by atoms with E-state index in [-0.39, 0.29) is 0 Å². The molecule has 98 valence electrons. The van der Waals surface area contributed by atoms with Crippen LogP contribution >= 0.6 is 0 Å². The number of carbonyl (C=O) groups is 1. The fourth-order valence-electron chi connectivity index (χ4n) is 1.81. The number of rotatable bonds is 5. The highest BCUT2D eigenvalue weighted by Crippen LogP contribution is 2.27. The summed E-state index contributed by atoms with van der Waals surface area (Å²) >= 11 is 0. The zero-order valence-electron chi connectivity index (χ0n) is 12.0. The Bertz CT molecular complexity index is 433. The van der Waals surface area contributed by atoms with Gasteiger partial charge in [-0.3, -0.25) is 4.79 Å². The maximum absolute atomic E-state index is 10.5. The number of hydrogen-bond donors (Lipinski definition) is 0. The summed E-state index contributed by atoms with van der Waals surface area (Å²) < 4.78 is 0. The predicted molar refractivity (Wildman–Crippen MR) is 79.2 cm³/mol. The minimum atomic E-state index is 0.429. The molecule has 0 atom stereocenters. The van der Waals surface area contributed by atoms with Crippen molar-refractivity contribution in [1.29, 1.82) is 0 Å². The Morgan fingerprint density at radius 2 is 1.83 bits per heavy atom. The normalized spacial score (nSPS) is 11.5. The summed E-state index contributed by atoms with van der Waals surface area (Å²) in [7, 11) is 2.08. The number of anilines is 1. The van der Waals surface area contributed by atoms with Gasteiger partial charge in [-0.25, -0.2) is 0 Å². The van der Waals surface area contributed by atoms with E-state index in [1.165, 1.54) is 5.56 Å². The van der Waals surface area contributed by atoms with Crippen molar-refractivity contribution in [3.05, 3.63) is 35.4 Å². The minimum Gasteiger partial charge on any atom is -0.372 e. The van der Waals surface area contributed by atoms with Gasteiger partial charge in [0.25, 0.3) is 0 Å². The van der Waals surface area contributed by atoms with Crippen LogP contribution in [0, 0.1) is 0 Å². The monoisotopic (exact) mass is 245 g/mol. The first-order chi connectivity index (χ1) is 8.47. The summed E-state index contributed by atoms with van der Waals surface area (Å²) in [6.07, 6.45) is 4.26. The molecule has 0 radical (unpaired) electrons. The molecule has 0 amide bonds. The number of hydrogen-bond acceptors (Lipinski definition) is 2. The molecule has 0 aromatic heterocycles. The van der Waals surface area contributed by atoms with Crippen LogP contribution in [0.1, 0.15) is 44.7 Å². The standard InChI is InChI=1S/C16H23NO/c1-12(2)14-8-9-16(17(5)13(3)4)15(11-14)7-6-10-18/h6-13H,1-5H3/b7-6-. The minimum absolute atomic E-state index is 0.429. The summed E-state index contributed by atoms with van der Waals surface area (Å²) in [5.41, 5.74) is 3.55. The van der Waals surface area contributed by atoms with Crippen molar-refractivity contribution in [1.82, 2.24) is 0 Å². The zero-order valence-corrected chi connectivity index (χ0v) is 12.0. The number of carbonyl (C=O) groups excluding carboxylic acids is 1. The van der Waals surface area contributed by atoms with Crippen molar-refractivity contribution < 1.29 is 4.79 Å². The average Bonchev–Trinajstić information content (AvgIpc) is 2.34. The Kier molecular flexibility index (Phi) is 5.14. The molecule has 0 unspecified atom stereocenters. The first-order valence-electron chi connectivity index (χ1n) is 6.46. The molecule has 2 nitrogen and oxygen atoms in total. The molecule has 0 spiro atoms. The topological polar surface area (TPSA) is 20.3 Å². The highest BCUT2D eigenvalue weighted by atomic mass is 16.1. The van der Waals surface area contributed by atoms with Crippen LogP contribution in [0.5, 0.6) is 0 Å². The number of benzene rings is 1. The summed E-state index contributed by atoms with van der Waals surface area (Å²) in [6, 6.07) is 6.90. The molecular formula is C16H23NO. The van der Waals surface area contributed by atoms with Gasteiger partial charge in [0.05, 0.1) is 0 Å². The average molecular weight is 245 g/mol. The predicted octanol–water partition coefficient (Wildman–Crippen LogP) is 3.87. The van der Waals surface area contributed by atoms with E-state index in [1.807, 2.05) is 6.08 Å². The Balaban J connectivity index is 3.24. The van der Waals surface area contributed by atoms with Crippen molar-refractivity contribution in [2.75, 3.05) is 11.9 Å². The highest BCUT2D eigenvalue weighted by Gasteiger charge is 2.10. The van der Waals surface area contributed by atoms with Gasteiger partial charge in [0.1, 0.15) is 6.29 Å². The van der Waals surface area contributed by atoms with Gasteiger partial charge in [0.2, 0.25) is 0 Å². The smallest absolute Gasteiger partial charge is 0.142 e.